The largest absolute Gasteiger partial charge is 0.489 e. The van der Waals surface area contributed by atoms with Gasteiger partial charge in [-0.2, -0.15) is 4.98 Å². The van der Waals surface area contributed by atoms with Crippen molar-refractivity contribution in [2.75, 3.05) is 43.9 Å². The van der Waals surface area contributed by atoms with Gasteiger partial charge in [-0.1, -0.05) is 23.7 Å². The van der Waals surface area contributed by atoms with Crippen LogP contribution in [0, 0.1) is 0 Å². The number of piperazine rings is 1. The van der Waals surface area contributed by atoms with Crippen molar-refractivity contribution in [3.05, 3.63) is 64.2 Å². The number of aromatic nitrogens is 2. The first-order chi connectivity index (χ1) is 15.1. The number of fused-ring (bicyclic) bond motifs is 3. The van der Waals surface area contributed by atoms with Gasteiger partial charge in [-0.25, -0.2) is 4.98 Å². The van der Waals surface area contributed by atoms with Crippen LogP contribution in [0.15, 0.2) is 42.5 Å². The molecule has 3 aromatic rings. The van der Waals surface area contributed by atoms with Crippen LogP contribution in [0.5, 0.6) is 5.75 Å². The third kappa shape index (κ3) is 4.18. The molecule has 1 aliphatic carbocycles. The molecule has 6 nitrogen and oxygen atoms in total. The van der Waals surface area contributed by atoms with Crippen molar-refractivity contribution in [2.45, 2.75) is 19.4 Å². The summed E-state index contributed by atoms with van der Waals surface area (Å²) in [6, 6.07) is 14.0. The van der Waals surface area contributed by atoms with Gasteiger partial charge < -0.3 is 20.3 Å². The van der Waals surface area contributed by atoms with Crippen molar-refractivity contribution >= 4 is 23.4 Å². The highest BCUT2D eigenvalue weighted by Crippen LogP contribution is 2.38. The van der Waals surface area contributed by atoms with Gasteiger partial charge in [0.1, 0.15) is 18.2 Å². The second-order valence-corrected chi connectivity index (χ2v) is 8.69. The highest BCUT2D eigenvalue weighted by Gasteiger charge is 2.26. The number of anilines is 2. The normalized spacial score (nSPS) is 16.0. The first-order valence-corrected chi connectivity index (χ1v) is 11.0. The quantitative estimate of drug-likeness (QED) is 0.672. The van der Waals surface area contributed by atoms with Crippen molar-refractivity contribution in [1.82, 2.24) is 14.9 Å². The lowest BCUT2D eigenvalue weighted by Crippen LogP contribution is -2.45. The highest BCUT2D eigenvalue weighted by molar-refractivity contribution is 6.30. The standard InChI is InChI=1S/C24H26ClN5O/c1-29-10-12-30(13-11-29)23-21-8-4-17-14-19(31-15-16-2-5-18(25)6-3-16)7-9-20(17)22(21)27-24(26)28-23/h2-3,5-7,9,14H,4,8,10-13,15H2,1H3,(H2,26,27,28). The predicted octanol–water partition coefficient (Wildman–Crippen LogP) is 3.81. The molecule has 0 amide bonds. The van der Waals surface area contributed by atoms with Crippen LogP contribution in [-0.4, -0.2) is 48.1 Å². The Morgan fingerprint density at radius 2 is 1.77 bits per heavy atom. The third-order valence-electron chi connectivity index (χ3n) is 6.10. The van der Waals surface area contributed by atoms with Gasteiger partial charge in [-0.05, 0) is 61.3 Å². The Labute approximate surface area is 187 Å². The summed E-state index contributed by atoms with van der Waals surface area (Å²) < 4.78 is 6.03. The number of rotatable bonds is 4. The summed E-state index contributed by atoms with van der Waals surface area (Å²) >= 11 is 5.96. The lowest BCUT2D eigenvalue weighted by molar-refractivity contribution is 0.306. The molecule has 1 saturated heterocycles. The zero-order valence-corrected chi connectivity index (χ0v) is 18.4. The third-order valence-corrected chi connectivity index (χ3v) is 6.35. The zero-order chi connectivity index (χ0) is 21.4. The molecule has 160 valence electrons. The molecule has 0 spiro atoms. The highest BCUT2D eigenvalue weighted by atomic mass is 35.5. The van der Waals surface area contributed by atoms with Gasteiger partial charge in [0.25, 0.3) is 0 Å². The second-order valence-electron chi connectivity index (χ2n) is 8.26. The smallest absolute Gasteiger partial charge is 0.222 e. The van der Waals surface area contributed by atoms with Crippen molar-refractivity contribution in [2.24, 2.45) is 0 Å². The van der Waals surface area contributed by atoms with Crippen LogP contribution in [0.4, 0.5) is 11.8 Å². The summed E-state index contributed by atoms with van der Waals surface area (Å²) in [5.74, 6) is 2.20. The van der Waals surface area contributed by atoms with Crippen molar-refractivity contribution < 1.29 is 4.74 Å². The summed E-state index contributed by atoms with van der Waals surface area (Å²) in [6.07, 6.45) is 1.85. The number of nitrogens with zero attached hydrogens (tertiary/aromatic N) is 4. The summed E-state index contributed by atoms with van der Waals surface area (Å²) in [4.78, 5) is 14.0. The van der Waals surface area contributed by atoms with Crippen LogP contribution in [0.1, 0.15) is 16.7 Å². The number of hydrogen-bond donors (Lipinski definition) is 1. The lowest BCUT2D eigenvalue weighted by Gasteiger charge is -2.35. The minimum atomic E-state index is 0.337. The van der Waals surface area contributed by atoms with E-state index < -0.39 is 0 Å². The van der Waals surface area contributed by atoms with Gasteiger partial charge >= 0.3 is 0 Å². The molecule has 5 rings (SSSR count). The van der Waals surface area contributed by atoms with E-state index in [2.05, 4.69) is 38.9 Å². The fourth-order valence-electron chi connectivity index (χ4n) is 4.33. The summed E-state index contributed by atoms with van der Waals surface area (Å²) in [5, 5.41) is 0.730. The maximum atomic E-state index is 6.13. The van der Waals surface area contributed by atoms with E-state index in [4.69, 9.17) is 22.1 Å². The summed E-state index contributed by atoms with van der Waals surface area (Å²) in [5.41, 5.74) is 11.8. The molecule has 0 radical (unpaired) electrons. The Balaban J connectivity index is 1.40. The number of nitrogen functional groups attached to an aromatic ring is 1. The van der Waals surface area contributed by atoms with Crippen LogP contribution in [0.2, 0.25) is 5.02 Å². The minimum Gasteiger partial charge on any atom is -0.489 e. The van der Waals surface area contributed by atoms with Gasteiger partial charge in [0.05, 0.1) is 5.69 Å². The number of nitrogens with two attached hydrogens (primary N) is 1. The molecule has 7 heteroatoms. The van der Waals surface area contributed by atoms with Crippen molar-refractivity contribution in [3.63, 3.8) is 0 Å². The van der Waals surface area contributed by atoms with E-state index in [0.717, 1.165) is 72.4 Å². The Morgan fingerprint density at radius 1 is 1.00 bits per heavy atom. The number of ether oxygens (including phenoxy) is 1. The number of halogens is 1. The lowest BCUT2D eigenvalue weighted by atomic mass is 9.88. The van der Waals surface area contributed by atoms with Gasteiger partial charge in [-0.15, -0.1) is 0 Å². The molecule has 2 N–H and O–H groups in total. The van der Waals surface area contributed by atoms with Crippen LogP contribution in [-0.2, 0) is 19.4 Å². The molecule has 0 unspecified atom stereocenters. The van der Waals surface area contributed by atoms with E-state index in [0.29, 0.717) is 12.6 Å². The predicted molar refractivity (Wildman–Crippen MR) is 125 cm³/mol. The van der Waals surface area contributed by atoms with E-state index in [1.165, 1.54) is 11.1 Å². The van der Waals surface area contributed by atoms with Crippen LogP contribution in [0.3, 0.4) is 0 Å². The molecule has 2 aromatic carbocycles. The van der Waals surface area contributed by atoms with E-state index in [-0.39, 0.29) is 0 Å². The second kappa shape index (κ2) is 8.36. The molecule has 1 aliphatic heterocycles. The first kappa shape index (κ1) is 20.1. The molecular weight excluding hydrogens is 410 g/mol. The Bertz CT molecular complexity index is 1090. The fourth-order valence-corrected chi connectivity index (χ4v) is 4.45. The molecule has 2 heterocycles. The fraction of sp³-hybridized carbons (Fsp3) is 0.333. The molecule has 2 aliphatic rings. The maximum absolute atomic E-state index is 6.13. The summed E-state index contributed by atoms with van der Waals surface area (Å²) in [6.45, 7) is 4.50. The van der Waals surface area contributed by atoms with Gasteiger partial charge in [0.2, 0.25) is 5.95 Å². The molecule has 0 saturated carbocycles. The van der Waals surface area contributed by atoms with E-state index in [1.807, 2.05) is 30.3 Å². The van der Waals surface area contributed by atoms with Crippen LogP contribution in [0.25, 0.3) is 11.3 Å². The Morgan fingerprint density at radius 3 is 2.55 bits per heavy atom. The van der Waals surface area contributed by atoms with Gasteiger partial charge in [0, 0.05) is 42.3 Å². The summed E-state index contributed by atoms with van der Waals surface area (Å²) in [7, 11) is 2.16. The number of likely N-dealkylation sites (N-methyl/N-ethyl adjacent to an activating group) is 1. The van der Waals surface area contributed by atoms with Crippen LogP contribution >= 0.6 is 11.6 Å². The number of hydrogen-bond acceptors (Lipinski definition) is 6. The Hall–Kier alpha value is -2.83. The molecule has 0 atom stereocenters. The molecule has 31 heavy (non-hydrogen) atoms. The molecule has 1 aromatic heterocycles. The van der Waals surface area contributed by atoms with Gasteiger partial charge in [-0.3, -0.25) is 0 Å². The first-order valence-electron chi connectivity index (χ1n) is 10.7. The maximum Gasteiger partial charge on any atom is 0.222 e. The monoisotopic (exact) mass is 435 g/mol. The minimum absolute atomic E-state index is 0.337. The SMILES string of the molecule is CN1CCN(c2nc(N)nc3c2CCc2cc(OCc4ccc(Cl)cc4)ccc2-3)CC1. The number of benzene rings is 2. The molecule has 0 bridgehead atoms. The van der Waals surface area contributed by atoms with E-state index in [1.54, 1.807) is 0 Å². The van der Waals surface area contributed by atoms with Crippen LogP contribution < -0.4 is 15.4 Å². The molecule has 1 fully saturated rings. The van der Waals surface area contributed by atoms with Gasteiger partial charge in [0.15, 0.2) is 0 Å². The number of aryl methyl sites for hydroxylation is 1. The van der Waals surface area contributed by atoms with Crippen molar-refractivity contribution in [3.8, 4) is 17.0 Å². The van der Waals surface area contributed by atoms with E-state index >= 15 is 0 Å². The average molecular weight is 436 g/mol. The topological polar surface area (TPSA) is 67.5 Å². The van der Waals surface area contributed by atoms with Crippen molar-refractivity contribution in [1.29, 1.82) is 0 Å². The van der Waals surface area contributed by atoms with E-state index in [9.17, 15) is 0 Å². The zero-order valence-electron chi connectivity index (χ0n) is 17.6. The Kier molecular flexibility index (Phi) is 5.42. The average Bonchev–Trinajstić information content (AvgIpc) is 2.78. The molecular formula is C24H26ClN5O.